The Balaban J connectivity index is 1.57. The fourth-order valence-electron chi connectivity index (χ4n) is 3.88. The summed E-state index contributed by atoms with van der Waals surface area (Å²) in [4.78, 5) is 34.3. The summed E-state index contributed by atoms with van der Waals surface area (Å²) in [5, 5.41) is 12.8. The molecule has 0 spiro atoms. The molecule has 3 heterocycles. The summed E-state index contributed by atoms with van der Waals surface area (Å²) in [6.07, 6.45) is -0.147. The molecule has 0 atom stereocenters. The van der Waals surface area contributed by atoms with Gasteiger partial charge in [0.25, 0.3) is 0 Å². The number of benzene rings is 1. The van der Waals surface area contributed by atoms with E-state index in [1.807, 2.05) is 7.05 Å². The lowest BCUT2D eigenvalue weighted by molar-refractivity contribution is -0.129. The molecule has 0 aliphatic carbocycles. The number of nitrogens with zero attached hydrogens (tertiary/aromatic N) is 4. The van der Waals surface area contributed by atoms with E-state index >= 15 is 0 Å². The molecule has 1 aliphatic heterocycles. The molecule has 0 radical (unpaired) electrons. The van der Waals surface area contributed by atoms with Crippen LogP contribution in [0, 0.1) is 11.8 Å². The minimum Gasteiger partial charge on any atom is -0.377 e. The maximum absolute atomic E-state index is 12.5. The Morgan fingerprint density at radius 3 is 2.76 bits per heavy atom. The van der Waals surface area contributed by atoms with Crippen LogP contribution in [0.3, 0.4) is 0 Å². The molecule has 2 N–H and O–H groups in total. The third kappa shape index (κ3) is 6.38. The number of halogens is 3. The van der Waals surface area contributed by atoms with Crippen molar-refractivity contribution in [2.75, 3.05) is 31.7 Å². The van der Waals surface area contributed by atoms with E-state index in [2.05, 4.69) is 26.6 Å². The van der Waals surface area contributed by atoms with Gasteiger partial charge in [0.2, 0.25) is 0 Å². The first kappa shape index (κ1) is 26.0. The van der Waals surface area contributed by atoms with Crippen molar-refractivity contribution < 1.29 is 32.7 Å². The molecule has 0 saturated carbocycles. The fraction of sp³-hybridized carbons (Fsp3) is 0.320. The van der Waals surface area contributed by atoms with Gasteiger partial charge < -0.3 is 20.2 Å². The van der Waals surface area contributed by atoms with E-state index in [0.717, 1.165) is 13.1 Å². The zero-order valence-electron chi connectivity index (χ0n) is 19.8. The number of urea groups is 1. The molecular formula is C25H24F3N5O4. The predicted octanol–water partition coefficient (Wildman–Crippen LogP) is 2.98. The fourth-order valence-corrected chi connectivity index (χ4v) is 3.88. The van der Waals surface area contributed by atoms with Crippen molar-refractivity contribution in [3.63, 3.8) is 0 Å². The summed E-state index contributed by atoms with van der Waals surface area (Å²) >= 11 is 0. The number of piperidine rings is 1. The van der Waals surface area contributed by atoms with Crippen molar-refractivity contribution >= 4 is 23.8 Å². The van der Waals surface area contributed by atoms with E-state index in [1.165, 1.54) is 12.1 Å². The number of pyridine rings is 1. The second-order valence-corrected chi connectivity index (χ2v) is 8.69. The van der Waals surface area contributed by atoms with Crippen LogP contribution in [-0.2, 0) is 9.63 Å². The lowest BCUT2D eigenvalue weighted by Gasteiger charge is -2.32. The van der Waals surface area contributed by atoms with Gasteiger partial charge in [0.05, 0.1) is 17.6 Å². The van der Waals surface area contributed by atoms with Crippen LogP contribution in [0.5, 0.6) is 0 Å². The number of aromatic nitrogens is 2. The van der Waals surface area contributed by atoms with Gasteiger partial charge in [0.1, 0.15) is 17.8 Å². The highest BCUT2D eigenvalue weighted by atomic mass is 19.4. The highest BCUT2D eigenvalue weighted by Crippen LogP contribution is 2.27. The molecule has 12 heteroatoms. The van der Waals surface area contributed by atoms with Crippen molar-refractivity contribution in [1.82, 2.24) is 19.6 Å². The van der Waals surface area contributed by atoms with Gasteiger partial charge in [0.15, 0.2) is 0 Å². The molecule has 9 nitrogen and oxygen atoms in total. The van der Waals surface area contributed by atoms with Crippen LogP contribution in [-0.4, -0.2) is 70.4 Å². The maximum atomic E-state index is 12.5. The molecule has 2 amide bonds. The first-order chi connectivity index (χ1) is 17.6. The number of carbonyl (C=O) groups excluding carboxylic acids is 2. The van der Waals surface area contributed by atoms with Gasteiger partial charge in [-0.05, 0) is 31.3 Å². The van der Waals surface area contributed by atoms with Crippen molar-refractivity contribution in [2.24, 2.45) is 0 Å². The molecule has 0 unspecified atom stereocenters. The van der Waals surface area contributed by atoms with Crippen LogP contribution in [0.25, 0.3) is 16.9 Å². The topological polar surface area (TPSA) is 99.4 Å². The third-order valence-corrected chi connectivity index (χ3v) is 5.92. The standard InChI is InChI=1S/C25H24F3N5O4/c1-31-11-8-24(36,9-12-31)7-5-18-6-10-32-21(15-29-22(32)13-18)19-3-2-4-20(14-19)33(37-17-34)23(35)30-16-25(26,27)28/h2-4,6,10,13-15,17,36H,8-9,11-12,16H2,1H3,(H,30,35). The number of alkyl halides is 3. The van der Waals surface area contributed by atoms with Gasteiger partial charge >= 0.3 is 18.7 Å². The predicted molar refractivity (Wildman–Crippen MR) is 128 cm³/mol. The SMILES string of the molecule is CN1CCC(O)(C#Cc2ccn3c(-c4cccc(N(OC=O)C(=O)NCC(F)(F)F)c4)cnc3c2)CC1. The van der Waals surface area contributed by atoms with Gasteiger partial charge in [-0.15, -0.1) is 5.06 Å². The quantitative estimate of drug-likeness (QED) is 0.308. The summed E-state index contributed by atoms with van der Waals surface area (Å²) in [7, 11) is 2.00. The van der Waals surface area contributed by atoms with Crippen LogP contribution < -0.4 is 10.4 Å². The van der Waals surface area contributed by atoms with Gasteiger partial charge in [-0.3, -0.25) is 9.20 Å². The number of likely N-dealkylation sites (tertiary alicyclic amines) is 1. The van der Waals surface area contributed by atoms with Crippen molar-refractivity contribution in [3.8, 4) is 23.1 Å². The van der Waals surface area contributed by atoms with Gasteiger partial charge in [-0.2, -0.15) is 13.2 Å². The smallest absolute Gasteiger partial charge is 0.377 e. The minimum atomic E-state index is -4.63. The molecule has 37 heavy (non-hydrogen) atoms. The number of hydrogen-bond acceptors (Lipinski definition) is 6. The normalized spacial score (nSPS) is 15.5. The molecular weight excluding hydrogens is 491 g/mol. The monoisotopic (exact) mass is 515 g/mol. The zero-order chi connectivity index (χ0) is 26.6. The second kappa shape index (κ2) is 10.5. The maximum Gasteiger partial charge on any atom is 0.405 e. The molecule has 3 aromatic rings. The summed E-state index contributed by atoms with van der Waals surface area (Å²) in [5.41, 5.74) is 1.44. The molecule has 194 valence electrons. The summed E-state index contributed by atoms with van der Waals surface area (Å²) in [5.74, 6) is 6.02. The van der Waals surface area contributed by atoms with Crippen molar-refractivity contribution in [2.45, 2.75) is 24.6 Å². The number of anilines is 1. The number of nitrogens with one attached hydrogen (secondary N) is 1. The zero-order valence-corrected chi connectivity index (χ0v) is 19.8. The number of fused-ring (bicyclic) bond motifs is 1. The van der Waals surface area contributed by atoms with E-state index in [9.17, 15) is 27.9 Å². The number of amides is 2. The summed E-state index contributed by atoms with van der Waals surface area (Å²) in [6, 6.07) is 8.45. The van der Waals surface area contributed by atoms with E-state index in [-0.39, 0.29) is 12.2 Å². The summed E-state index contributed by atoms with van der Waals surface area (Å²) < 4.78 is 39.3. The Kier molecular flexibility index (Phi) is 7.37. The highest BCUT2D eigenvalue weighted by Gasteiger charge is 2.30. The van der Waals surface area contributed by atoms with Gasteiger partial charge in [0, 0.05) is 43.3 Å². The number of hydrogen-bond donors (Lipinski definition) is 2. The average Bonchev–Trinajstić information content (AvgIpc) is 3.30. The molecule has 1 aromatic carbocycles. The van der Waals surface area contributed by atoms with E-state index in [0.29, 0.717) is 40.4 Å². The molecule has 4 rings (SSSR count). The Morgan fingerprint density at radius 1 is 1.30 bits per heavy atom. The molecule has 0 bridgehead atoms. The highest BCUT2D eigenvalue weighted by molar-refractivity contribution is 5.91. The van der Waals surface area contributed by atoms with E-state index < -0.39 is 24.4 Å². The minimum absolute atomic E-state index is 0.0353. The van der Waals surface area contributed by atoms with Crippen LogP contribution >= 0.6 is 0 Å². The first-order valence-electron chi connectivity index (χ1n) is 11.3. The number of carbonyl (C=O) groups is 2. The molecule has 2 aromatic heterocycles. The number of aliphatic hydroxyl groups is 1. The lowest BCUT2D eigenvalue weighted by atomic mass is 9.92. The van der Waals surface area contributed by atoms with Crippen molar-refractivity contribution in [1.29, 1.82) is 0 Å². The first-order valence-corrected chi connectivity index (χ1v) is 11.3. The van der Waals surface area contributed by atoms with Gasteiger partial charge in [-0.25, -0.2) is 9.78 Å². The third-order valence-electron chi connectivity index (χ3n) is 5.92. The van der Waals surface area contributed by atoms with Crippen LogP contribution in [0.2, 0.25) is 0 Å². The summed E-state index contributed by atoms with van der Waals surface area (Å²) in [6.45, 7) is -0.103. The van der Waals surface area contributed by atoms with Gasteiger partial charge in [-0.1, -0.05) is 24.0 Å². The Labute approximate surface area is 210 Å². The van der Waals surface area contributed by atoms with Crippen LogP contribution in [0.4, 0.5) is 23.7 Å². The van der Waals surface area contributed by atoms with Crippen molar-refractivity contribution in [3.05, 3.63) is 54.4 Å². The molecule has 1 saturated heterocycles. The number of rotatable bonds is 5. The van der Waals surface area contributed by atoms with Crippen LogP contribution in [0.15, 0.2) is 48.8 Å². The molecule has 1 fully saturated rings. The van der Waals surface area contributed by atoms with Crippen LogP contribution in [0.1, 0.15) is 18.4 Å². The average molecular weight is 515 g/mol. The molecule has 1 aliphatic rings. The van der Waals surface area contributed by atoms with E-state index in [1.54, 1.807) is 46.4 Å². The Bertz CT molecular complexity index is 1350. The Morgan fingerprint density at radius 2 is 2.05 bits per heavy atom. The number of imidazole rings is 1. The second-order valence-electron chi connectivity index (χ2n) is 8.69. The largest absolute Gasteiger partial charge is 0.405 e. The Hall–Kier alpha value is -4.08. The number of hydroxylamine groups is 1. The lowest BCUT2D eigenvalue weighted by Crippen LogP contribution is -2.43. The van der Waals surface area contributed by atoms with E-state index in [4.69, 9.17) is 0 Å².